The molecule has 4 rings (SSSR count). The fraction of sp³-hybridized carbons (Fsp3) is 0.136. The van der Waals surface area contributed by atoms with Gasteiger partial charge in [0, 0.05) is 6.54 Å². The summed E-state index contributed by atoms with van der Waals surface area (Å²) >= 11 is 0. The first kappa shape index (κ1) is 17.7. The van der Waals surface area contributed by atoms with E-state index in [2.05, 4.69) is 4.98 Å². The smallest absolute Gasteiger partial charge is 0.269 e. The van der Waals surface area contributed by atoms with Crippen molar-refractivity contribution in [2.45, 2.75) is 19.6 Å². The van der Waals surface area contributed by atoms with E-state index in [0.29, 0.717) is 29.9 Å². The van der Waals surface area contributed by atoms with Crippen LogP contribution in [-0.4, -0.2) is 20.4 Å². The van der Waals surface area contributed by atoms with E-state index in [1.54, 1.807) is 23.3 Å². The number of nitrogens with zero attached hydrogens (tertiary/aromatic N) is 3. The van der Waals surface area contributed by atoms with Crippen molar-refractivity contribution in [1.29, 1.82) is 0 Å². The molecule has 0 aliphatic carbocycles. The molecule has 0 aliphatic rings. The summed E-state index contributed by atoms with van der Waals surface area (Å²) in [6.07, 6.45) is 2.84. The highest BCUT2D eigenvalue weighted by atomic mass is 16.3. The number of benzene rings is 2. The van der Waals surface area contributed by atoms with E-state index in [1.165, 1.54) is 10.8 Å². The number of furan rings is 1. The van der Waals surface area contributed by atoms with Crippen LogP contribution in [-0.2, 0) is 24.4 Å². The van der Waals surface area contributed by atoms with E-state index < -0.39 is 0 Å². The fourth-order valence-corrected chi connectivity index (χ4v) is 3.14. The Labute approximate surface area is 161 Å². The number of para-hydroxylation sites is 2. The Morgan fingerprint density at radius 2 is 1.75 bits per heavy atom. The zero-order valence-electron chi connectivity index (χ0n) is 15.2. The van der Waals surface area contributed by atoms with Crippen LogP contribution >= 0.6 is 0 Å². The number of carbonyl (C=O) groups is 1. The zero-order chi connectivity index (χ0) is 19.3. The van der Waals surface area contributed by atoms with Gasteiger partial charge >= 0.3 is 0 Å². The number of amides is 1. The van der Waals surface area contributed by atoms with Crippen molar-refractivity contribution in [3.05, 3.63) is 101 Å². The van der Waals surface area contributed by atoms with Crippen LogP contribution in [0.3, 0.4) is 0 Å². The van der Waals surface area contributed by atoms with Crippen LogP contribution in [0, 0.1) is 0 Å². The number of carbonyl (C=O) groups excluding carboxylic acids is 1. The van der Waals surface area contributed by atoms with E-state index in [1.807, 2.05) is 54.6 Å². The minimum atomic E-state index is -0.301. The second-order valence-corrected chi connectivity index (χ2v) is 6.49. The predicted octanol–water partition coefficient (Wildman–Crippen LogP) is 3.22. The lowest BCUT2D eigenvalue weighted by Crippen LogP contribution is -2.36. The van der Waals surface area contributed by atoms with Gasteiger partial charge in [0.1, 0.15) is 12.3 Å². The van der Waals surface area contributed by atoms with Crippen LogP contribution in [0.5, 0.6) is 0 Å². The number of aromatic nitrogens is 2. The monoisotopic (exact) mass is 373 g/mol. The molecule has 0 bridgehead atoms. The summed E-state index contributed by atoms with van der Waals surface area (Å²) in [6.45, 7) is 0.700. The van der Waals surface area contributed by atoms with Gasteiger partial charge in [-0.2, -0.15) is 0 Å². The normalized spacial score (nSPS) is 10.9. The molecule has 28 heavy (non-hydrogen) atoms. The van der Waals surface area contributed by atoms with Gasteiger partial charge in [-0.15, -0.1) is 0 Å². The summed E-state index contributed by atoms with van der Waals surface area (Å²) in [5, 5.41) is 0. The highest BCUT2D eigenvalue weighted by Crippen LogP contribution is 2.13. The number of hydrogen-bond acceptors (Lipinski definition) is 4. The van der Waals surface area contributed by atoms with E-state index >= 15 is 0 Å². The molecule has 0 spiro atoms. The lowest BCUT2D eigenvalue weighted by atomic mass is 10.2. The highest BCUT2D eigenvalue weighted by molar-refractivity contribution is 5.80. The van der Waals surface area contributed by atoms with E-state index in [4.69, 9.17) is 4.42 Å². The lowest BCUT2D eigenvalue weighted by molar-refractivity contribution is -0.133. The molecule has 2 aromatic carbocycles. The summed E-state index contributed by atoms with van der Waals surface area (Å²) < 4.78 is 6.89. The largest absolute Gasteiger partial charge is 0.467 e. The molecular weight excluding hydrogens is 354 g/mol. The molecule has 1 amide bonds. The van der Waals surface area contributed by atoms with Gasteiger partial charge in [0.15, 0.2) is 0 Å². The average Bonchev–Trinajstić information content (AvgIpc) is 3.23. The molecule has 0 aliphatic heterocycles. The van der Waals surface area contributed by atoms with Gasteiger partial charge in [-0.3, -0.25) is 14.2 Å². The standard InChI is InChI=1S/C22H19N3O3/c26-21-13-23-19-10-4-5-11-20(19)25(21)16-22(27)24(15-18-9-6-12-28-18)14-17-7-2-1-3-8-17/h1-13H,14-16H2. The van der Waals surface area contributed by atoms with Crippen LogP contribution < -0.4 is 5.56 Å². The van der Waals surface area contributed by atoms with Crippen molar-refractivity contribution in [2.75, 3.05) is 0 Å². The Hall–Kier alpha value is -3.67. The first-order valence-corrected chi connectivity index (χ1v) is 8.99. The van der Waals surface area contributed by atoms with Crippen molar-refractivity contribution >= 4 is 16.9 Å². The summed E-state index contributed by atoms with van der Waals surface area (Å²) in [5.41, 5.74) is 2.02. The molecule has 2 heterocycles. The van der Waals surface area contributed by atoms with Crippen molar-refractivity contribution in [3.63, 3.8) is 0 Å². The molecule has 0 atom stereocenters. The Bertz CT molecular complexity index is 1130. The van der Waals surface area contributed by atoms with E-state index in [9.17, 15) is 9.59 Å². The molecule has 0 unspecified atom stereocenters. The molecule has 0 fully saturated rings. The molecule has 0 saturated heterocycles. The third kappa shape index (κ3) is 3.86. The van der Waals surface area contributed by atoms with E-state index in [-0.39, 0.29) is 18.0 Å². The summed E-state index contributed by atoms with van der Waals surface area (Å²) in [4.78, 5) is 31.4. The van der Waals surface area contributed by atoms with Gasteiger partial charge in [-0.05, 0) is 29.8 Å². The van der Waals surface area contributed by atoms with Crippen LogP contribution in [0.1, 0.15) is 11.3 Å². The van der Waals surface area contributed by atoms with Crippen LogP contribution in [0.15, 0.2) is 88.4 Å². The average molecular weight is 373 g/mol. The maximum absolute atomic E-state index is 13.1. The van der Waals surface area contributed by atoms with Crippen molar-refractivity contribution < 1.29 is 9.21 Å². The highest BCUT2D eigenvalue weighted by Gasteiger charge is 2.18. The van der Waals surface area contributed by atoms with Gasteiger partial charge in [0.25, 0.3) is 5.56 Å². The van der Waals surface area contributed by atoms with Gasteiger partial charge in [-0.1, -0.05) is 42.5 Å². The molecule has 0 radical (unpaired) electrons. The number of rotatable bonds is 6. The summed E-state index contributed by atoms with van der Waals surface area (Å²) in [7, 11) is 0. The second-order valence-electron chi connectivity index (χ2n) is 6.49. The van der Waals surface area contributed by atoms with Crippen LogP contribution in [0.2, 0.25) is 0 Å². The van der Waals surface area contributed by atoms with Gasteiger partial charge < -0.3 is 9.32 Å². The minimum Gasteiger partial charge on any atom is -0.467 e. The third-order valence-corrected chi connectivity index (χ3v) is 4.54. The molecule has 2 aromatic heterocycles. The third-order valence-electron chi connectivity index (χ3n) is 4.54. The first-order valence-electron chi connectivity index (χ1n) is 8.99. The lowest BCUT2D eigenvalue weighted by Gasteiger charge is -2.23. The Kier molecular flexibility index (Phi) is 5.01. The second kappa shape index (κ2) is 7.92. The van der Waals surface area contributed by atoms with Crippen molar-refractivity contribution in [3.8, 4) is 0 Å². The summed E-state index contributed by atoms with van der Waals surface area (Å²) in [6, 6.07) is 20.7. The quantitative estimate of drug-likeness (QED) is 0.520. The van der Waals surface area contributed by atoms with Gasteiger partial charge in [0.05, 0.1) is 30.0 Å². The first-order chi connectivity index (χ1) is 13.7. The predicted molar refractivity (Wildman–Crippen MR) is 105 cm³/mol. The molecule has 0 saturated carbocycles. The van der Waals surface area contributed by atoms with Crippen LogP contribution in [0.25, 0.3) is 11.0 Å². The Morgan fingerprint density at radius 3 is 2.54 bits per heavy atom. The molecule has 4 aromatic rings. The zero-order valence-corrected chi connectivity index (χ0v) is 15.2. The van der Waals surface area contributed by atoms with Gasteiger partial charge in [0.2, 0.25) is 5.91 Å². The Morgan fingerprint density at radius 1 is 0.964 bits per heavy atom. The van der Waals surface area contributed by atoms with Gasteiger partial charge in [-0.25, -0.2) is 4.98 Å². The number of hydrogen-bond donors (Lipinski definition) is 0. The SMILES string of the molecule is O=C(Cn1c(=O)cnc2ccccc21)N(Cc1ccccc1)Cc1ccco1. The molecular formula is C22H19N3O3. The molecule has 6 nitrogen and oxygen atoms in total. The van der Waals surface area contributed by atoms with Crippen LogP contribution in [0.4, 0.5) is 0 Å². The topological polar surface area (TPSA) is 68.3 Å². The molecule has 140 valence electrons. The maximum atomic E-state index is 13.1. The van der Waals surface area contributed by atoms with E-state index in [0.717, 1.165) is 5.56 Å². The van der Waals surface area contributed by atoms with Crippen molar-refractivity contribution in [1.82, 2.24) is 14.5 Å². The minimum absolute atomic E-state index is 0.0601. The molecule has 0 N–H and O–H groups in total. The number of fused-ring (bicyclic) bond motifs is 1. The maximum Gasteiger partial charge on any atom is 0.269 e. The summed E-state index contributed by atoms with van der Waals surface area (Å²) in [5.74, 6) is 0.523. The molecule has 6 heteroatoms. The Balaban J connectivity index is 1.64. The van der Waals surface area contributed by atoms with Crippen molar-refractivity contribution in [2.24, 2.45) is 0 Å². The fourth-order valence-electron chi connectivity index (χ4n) is 3.14.